The second kappa shape index (κ2) is 7.39. The standard InChI is InChI=1S/C16H23N3O4/c1-11(2)13-8-14(20)19(10-17-13)9-15(21)18-6-4-12(5-7-18)16(22)23-3/h8,10-12H,4-7,9H2,1-3H3. The van der Waals surface area contributed by atoms with Crippen LogP contribution in [0.1, 0.15) is 38.3 Å². The topological polar surface area (TPSA) is 81.5 Å². The van der Waals surface area contributed by atoms with E-state index < -0.39 is 0 Å². The molecule has 0 N–H and O–H groups in total. The monoisotopic (exact) mass is 321 g/mol. The molecule has 1 aliphatic heterocycles. The lowest BCUT2D eigenvalue weighted by atomic mass is 9.97. The van der Waals surface area contributed by atoms with E-state index in [1.165, 1.54) is 24.1 Å². The molecule has 1 aliphatic rings. The zero-order chi connectivity index (χ0) is 17.0. The van der Waals surface area contributed by atoms with Crippen molar-refractivity contribution in [2.75, 3.05) is 20.2 Å². The van der Waals surface area contributed by atoms with Gasteiger partial charge in [-0.3, -0.25) is 19.0 Å². The third kappa shape index (κ3) is 4.18. The van der Waals surface area contributed by atoms with Crippen molar-refractivity contribution in [3.8, 4) is 0 Å². The van der Waals surface area contributed by atoms with Gasteiger partial charge in [0.15, 0.2) is 0 Å². The number of amides is 1. The largest absolute Gasteiger partial charge is 0.469 e. The zero-order valence-corrected chi connectivity index (χ0v) is 13.8. The minimum atomic E-state index is -0.221. The molecular weight excluding hydrogens is 298 g/mol. The van der Waals surface area contributed by atoms with Gasteiger partial charge in [-0.05, 0) is 18.8 Å². The molecule has 0 aliphatic carbocycles. The van der Waals surface area contributed by atoms with Crippen molar-refractivity contribution in [1.29, 1.82) is 0 Å². The fraction of sp³-hybridized carbons (Fsp3) is 0.625. The maximum atomic E-state index is 12.3. The predicted octanol–water partition coefficient (Wildman–Crippen LogP) is 0.778. The number of esters is 1. The van der Waals surface area contributed by atoms with Gasteiger partial charge in [-0.2, -0.15) is 0 Å². The van der Waals surface area contributed by atoms with E-state index in [2.05, 4.69) is 4.98 Å². The first-order valence-corrected chi connectivity index (χ1v) is 7.84. The van der Waals surface area contributed by atoms with Gasteiger partial charge in [0.1, 0.15) is 6.54 Å². The van der Waals surface area contributed by atoms with Crippen molar-refractivity contribution < 1.29 is 14.3 Å². The summed E-state index contributed by atoms with van der Waals surface area (Å²) in [5.41, 5.74) is 0.499. The molecule has 1 aromatic rings. The fourth-order valence-electron chi connectivity index (χ4n) is 2.65. The van der Waals surface area contributed by atoms with Gasteiger partial charge in [-0.1, -0.05) is 13.8 Å². The molecule has 0 saturated carbocycles. The number of carbonyl (C=O) groups is 2. The lowest BCUT2D eigenvalue weighted by molar-refractivity contribution is -0.149. The van der Waals surface area contributed by atoms with Crippen molar-refractivity contribution in [2.45, 2.75) is 39.2 Å². The minimum Gasteiger partial charge on any atom is -0.469 e. The Kier molecular flexibility index (Phi) is 5.52. The molecule has 7 nitrogen and oxygen atoms in total. The molecule has 1 aromatic heterocycles. The van der Waals surface area contributed by atoms with E-state index in [1.807, 2.05) is 13.8 Å². The normalized spacial score (nSPS) is 15.7. The smallest absolute Gasteiger partial charge is 0.308 e. The van der Waals surface area contributed by atoms with Crippen LogP contribution in [0.5, 0.6) is 0 Å². The summed E-state index contributed by atoms with van der Waals surface area (Å²) in [6.45, 7) is 4.91. The Morgan fingerprint density at radius 2 is 2.00 bits per heavy atom. The SMILES string of the molecule is COC(=O)C1CCN(C(=O)Cn2cnc(C(C)C)cc2=O)CC1. The lowest BCUT2D eigenvalue weighted by Crippen LogP contribution is -2.43. The van der Waals surface area contributed by atoms with Crippen LogP contribution in [0.15, 0.2) is 17.2 Å². The van der Waals surface area contributed by atoms with Crippen molar-refractivity contribution in [1.82, 2.24) is 14.5 Å². The molecule has 0 bridgehead atoms. The Morgan fingerprint density at radius 3 is 2.52 bits per heavy atom. The third-order valence-corrected chi connectivity index (χ3v) is 4.18. The van der Waals surface area contributed by atoms with E-state index in [0.717, 1.165) is 5.69 Å². The summed E-state index contributed by atoms with van der Waals surface area (Å²) in [6, 6.07) is 1.47. The number of aromatic nitrogens is 2. The highest BCUT2D eigenvalue weighted by Crippen LogP contribution is 2.18. The third-order valence-electron chi connectivity index (χ3n) is 4.18. The van der Waals surface area contributed by atoms with Crippen molar-refractivity contribution >= 4 is 11.9 Å². The quantitative estimate of drug-likeness (QED) is 0.765. The van der Waals surface area contributed by atoms with Crippen LogP contribution in [0.25, 0.3) is 0 Å². The van der Waals surface area contributed by atoms with Gasteiger partial charge >= 0.3 is 5.97 Å². The van der Waals surface area contributed by atoms with Gasteiger partial charge in [0, 0.05) is 19.2 Å². The van der Waals surface area contributed by atoms with E-state index >= 15 is 0 Å². The summed E-state index contributed by atoms with van der Waals surface area (Å²) in [6.07, 6.45) is 2.62. The number of likely N-dealkylation sites (tertiary alicyclic amines) is 1. The number of carbonyl (C=O) groups excluding carboxylic acids is 2. The summed E-state index contributed by atoms with van der Waals surface area (Å²) in [4.78, 5) is 41.7. The zero-order valence-electron chi connectivity index (χ0n) is 13.8. The highest BCUT2D eigenvalue weighted by molar-refractivity contribution is 5.77. The maximum absolute atomic E-state index is 12.3. The van der Waals surface area contributed by atoms with Crippen LogP contribution in [-0.4, -0.2) is 46.5 Å². The minimum absolute atomic E-state index is 0.0207. The summed E-state index contributed by atoms with van der Waals surface area (Å²) in [5, 5.41) is 0. The molecule has 1 saturated heterocycles. The highest BCUT2D eigenvalue weighted by atomic mass is 16.5. The fourth-order valence-corrected chi connectivity index (χ4v) is 2.65. The van der Waals surface area contributed by atoms with Crippen LogP contribution >= 0.6 is 0 Å². The molecule has 7 heteroatoms. The Labute approximate surface area is 135 Å². The van der Waals surface area contributed by atoms with Crippen LogP contribution in [-0.2, 0) is 20.9 Å². The van der Waals surface area contributed by atoms with E-state index in [9.17, 15) is 14.4 Å². The average molecular weight is 321 g/mol. The van der Waals surface area contributed by atoms with Crippen LogP contribution in [0.4, 0.5) is 0 Å². The molecule has 23 heavy (non-hydrogen) atoms. The molecule has 0 radical (unpaired) electrons. The Hall–Kier alpha value is -2.18. The second-order valence-corrected chi connectivity index (χ2v) is 6.11. The van der Waals surface area contributed by atoms with E-state index in [-0.39, 0.29) is 35.8 Å². The molecule has 1 amide bonds. The molecule has 0 unspecified atom stereocenters. The molecule has 1 fully saturated rings. The summed E-state index contributed by atoms with van der Waals surface area (Å²) in [5.74, 6) is -0.319. The van der Waals surface area contributed by atoms with Gasteiger partial charge < -0.3 is 9.64 Å². The number of hydrogen-bond acceptors (Lipinski definition) is 5. The summed E-state index contributed by atoms with van der Waals surface area (Å²) >= 11 is 0. The highest BCUT2D eigenvalue weighted by Gasteiger charge is 2.27. The Morgan fingerprint density at radius 1 is 1.35 bits per heavy atom. The first-order chi connectivity index (χ1) is 10.9. The van der Waals surface area contributed by atoms with Crippen LogP contribution < -0.4 is 5.56 Å². The van der Waals surface area contributed by atoms with Crippen LogP contribution in [0.3, 0.4) is 0 Å². The molecule has 2 heterocycles. The molecule has 2 rings (SSSR count). The second-order valence-electron chi connectivity index (χ2n) is 6.11. The number of hydrogen-bond donors (Lipinski definition) is 0. The molecule has 126 valence electrons. The van der Waals surface area contributed by atoms with E-state index in [0.29, 0.717) is 25.9 Å². The van der Waals surface area contributed by atoms with Gasteiger partial charge in [0.25, 0.3) is 5.56 Å². The number of piperidine rings is 1. The van der Waals surface area contributed by atoms with Gasteiger partial charge in [-0.25, -0.2) is 4.98 Å². The average Bonchev–Trinajstić information content (AvgIpc) is 2.55. The molecule has 0 aromatic carbocycles. The number of ether oxygens (including phenoxy) is 1. The van der Waals surface area contributed by atoms with Crippen molar-refractivity contribution in [2.24, 2.45) is 5.92 Å². The van der Waals surface area contributed by atoms with Gasteiger partial charge in [-0.15, -0.1) is 0 Å². The first-order valence-electron chi connectivity index (χ1n) is 7.84. The molecule has 0 spiro atoms. The van der Waals surface area contributed by atoms with Crippen molar-refractivity contribution in [3.05, 3.63) is 28.4 Å². The van der Waals surface area contributed by atoms with Crippen LogP contribution in [0, 0.1) is 5.92 Å². The van der Waals surface area contributed by atoms with Gasteiger partial charge in [0.2, 0.25) is 5.91 Å². The van der Waals surface area contributed by atoms with E-state index in [4.69, 9.17) is 4.74 Å². The predicted molar refractivity (Wildman–Crippen MR) is 83.9 cm³/mol. The molecular formula is C16H23N3O4. The Balaban J connectivity index is 1.96. The summed E-state index contributed by atoms with van der Waals surface area (Å²) in [7, 11) is 1.38. The molecule has 0 atom stereocenters. The summed E-state index contributed by atoms with van der Waals surface area (Å²) < 4.78 is 6.05. The van der Waals surface area contributed by atoms with Crippen LogP contribution in [0.2, 0.25) is 0 Å². The number of rotatable bonds is 4. The van der Waals surface area contributed by atoms with Gasteiger partial charge in [0.05, 0.1) is 25.0 Å². The number of nitrogens with zero attached hydrogens (tertiary/aromatic N) is 3. The Bertz CT molecular complexity index is 630. The van der Waals surface area contributed by atoms with Crippen molar-refractivity contribution in [3.63, 3.8) is 0 Å². The lowest BCUT2D eigenvalue weighted by Gasteiger charge is -2.30. The number of methoxy groups -OCH3 is 1. The first kappa shape index (κ1) is 17.2. The van der Waals surface area contributed by atoms with E-state index in [1.54, 1.807) is 4.90 Å². The maximum Gasteiger partial charge on any atom is 0.308 e.